The first kappa shape index (κ1) is 21.9. The summed E-state index contributed by atoms with van der Waals surface area (Å²) in [4.78, 5) is 10.3. The first-order chi connectivity index (χ1) is 14.1. The molecule has 1 aromatic heterocycles. The standard InChI is InChI=1S/C20H21ClN4O4S/c1-13-19(21)9-17(10-20(13)25(26)27)30(28,29)22-11-18-14(2)23-24(15(18)3)12-16-7-5-4-6-8-16/h4-10,22H,11-12H2,1-3H3. The number of sulfonamides is 1. The van der Waals surface area contributed by atoms with Gasteiger partial charge in [0, 0.05) is 29.4 Å². The normalized spacial score (nSPS) is 11.6. The van der Waals surface area contributed by atoms with Crippen LogP contribution in [0, 0.1) is 30.9 Å². The second-order valence-corrected chi connectivity index (χ2v) is 9.10. The quantitative estimate of drug-likeness (QED) is 0.435. The Labute approximate surface area is 179 Å². The van der Waals surface area contributed by atoms with E-state index in [0.717, 1.165) is 22.9 Å². The molecule has 0 spiro atoms. The first-order valence-corrected chi connectivity index (χ1v) is 11.0. The topological polar surface area (TPSA) is 107 Å². The number of nitro groups is 1. The van der Waals surface area contributed by atoms with Gasteiger partial charge in [0.2, 0.25) is 10.0 Å². The molecule has 0 fully saturated rings. The highest BCUT2D eigenvalue weighted by Gasteiger charge is 2.23. The van der Waals surface area contributed by atoms with Crippen molar-refractivity contribution in [3.8, 4) is 0 Å². The molecular formula is C20H21ClN4O4S. The molecule has 8 nitrogen and oxygen atoms in total. The van der Waals surface area contributed by atoms with Crippen LogP contribution in [0.2, 0.25) is 5.02 Å². The van der Waals surface area contributed by atoms with Gasteiger partial charge in [0.1, 0.15) is 0 Å². The lowest BCUT2D eigenvalue weighted by Gasteiger charge is -2.10. The molecule has 1 N–H and O–H groups in total. The fraction of sp³-hybridized carbons (Fsp3) is 0.250. The molecule has 3 rings (SSSR count). The van der Waals surface area contributed by atoms with Crippen LogP contribution in [-0.4, -0.2) is 23.1 Å². The minimum atomic E-state index is -4.01. The zero-order valence-corrected chi connectivity index (χ0v) is 18.3. The summed E-state index contributed by atoms with van der Waals surface area (Å²) in [5.41, 5.74) is 3.26. The van der Waals surface area contributed by atoms with Crippen LogP contribution >= 0.6 is 11.6 Å². The van der Waals surface area contributed by atoms with E-state index in [9.17, 15) is 18.5 Å². The Hall–Kier alpha value is -2.75. The molecule has 0 atom stereocenters. The van der Waals surface area contributed by atoms with E-state index in [1.165, 1.54) is 13.0 Å². The number of hydrogen-bond donors (Lipinski definition) is 1. The maximum Gasteiger partial charge on any atom is 0.275 e. The number of nitrogens with one attached hydrogen (secondary N) is 1. The van der Waals surface area contributed by atoms with Crippen molar-refractivity contribution in [2.75, 3.05) is 0 Å². The van der Waals surface area contributed by atoms with Gasteiger partial charge in [-0.25, -0.2) is 13.1 Å². The Morgan fingerprint density at radius 2 is 1.83 bits per heavy atom. The molecule has 0 amide bonds. The van der Waals surface area contributed by atoms with Gasteiger partial charge in [-0.3, -0.25) is 14.8 Å². The highest BCUT2D eigenvalue weighted by molar-refractivity contribution is 7.89. The summed E-state index contributed by atoms with van der Waals surface area (Å²) in [6.45, 7) is 5.73. The smallest absolute Gasteiger partial charge is 0.265 e. The summed E-state index contributed by atoms with van der Waals surface area (Å²) < 4.78 is 29.8. The summed E-state index contributed by atoms with van der Waals surface area (Å²) in [6.07, 6.45) is 0. The van der Waals surface area contributed by atoms with Crippen molar-refractivity contribution < 1.29 is 13.3 Å². The highest BCUT2D eigenvalue weighted by atomic mass is 35.5. The average molecular weight is 449 g/mol. The molecule has 0 bridgehead atoms. The summed E-state index contributed by atoms with van der Waals surface area (Å²) in [7, 11) is -4.01. The van der Waals surface area contributed by atoms with Gasteiger partial charge in [-0.1, -0.05) is 41.9 Å². The number of nitrogens with zero attached hydrogens (tertiary/aromatic N) is 3. The molecule has 30 heavy (non-hydrogen) atoms. The third-order valence-corrected chi connectivity index (χ3v) is 6.72. The number of aromatic nitrogens is 2. The van der Waals surface area contributed by atoms with Crippen LogP contribution in [0.5, 0.6) is 0 Å². The minimum absolute atomic E-state index is 0.00802. The number of benzene rings is 2. The largest absolute Gasteiger partial charge is 0.275 e. The van der Waals surface area contributed by atoms with E-state index >= 15 is 0 Å². The molecule has 0 unspecified atom stereocenters. The van der Waals surface area contributed by atoms with Gasteiger partial charge in [0.15, 0.2) is 0 Å². The molecular weight excluding hydrogens is 428 g/mol. The Balaban J connectivity index is 1.84. The average Bonchev–Trinajstić information content (AvgIpc) is 2.95. The Bertz CT molecular complexity index is 1210. The number of hydrogen-bond acceptors (Lipinski definition) is 5. The van der Waals surface area contributed by atoms with E-state index < -0.39 is 14.9 Å². The molecule has 0 radical (unpaired) electrons. The van der Waals surface area contributed by atoms with Crippen LogP contribution in [-0.2, 0) is 23.1 Å². The maximum atomic E-state index is 12.7. The Morgan fingerprint density at radius 1 is 1.17 bits per heavy atom. The highest BCUT2D eigenvalue weighted by Crippen LogP contribution is 2.29. The monoisotopic (exact) mass is 448 g/mol. The molecule has 0 saturated heterocycles. The lowest BCUT2D eigenvalue weighted by Crippen LogP contribution is -2.24. The fourth-order valence-electron chi connectivity index (χ4n) is 3.14. The molecule has 3 aromatic rings. The second-order valence-electron chi connectivity index (χ2n) is 6.92. The third kappa shape index (κ3) is 4.53. The van der Waals surface area contributed by atoms with Crippen LogP contribution in [0.1, 0.15) is 28.1 Å². The maximum absolute atomic E-state index is 12.7. The van der Waals surface area contributed by atoms with E-state index in [2.05, 4.69) is 9.82 Å². The lowest BCUT2D eigenvalue weighted by molar-refractivity contribution is -0.385. The Morgan fingerprint density at radius 3 is 2.47 bits per heavy atom. The fourth-order valence-corrected chi connectivity index (χ4v) is 4.46. The predicted molar refractivity (Wildman–Crippen MR) is 114 cm³/mol. The molecule has 0 aliphatic heterocycles. The predicted octanol–water partition coefficient (Wildman–Crippen LogP) is 3.90. The van der Waals surface area contributed by atoms with E-state index in [1.807, 2.05) is 48.9 Å². The summed E-state index contributed by atoms with van der Waals surface area (Å²) >= 11 is 6.01. The molecule has 0 saturated carbocycles. The van der Waals surface area contributed by atoms with Crippen LogP contribution in [0.25, 0.3) is 0 Å². The number of nitro benzene ring substituents is 1. The van der Waals surface area contributed by atoms with Crippen molar-refractivity contribution in [3.05, 3.63) is 85.7 Å². The SMILES string of the molecule is Cc1nn(Cc2ccccc2)c(C)c1CNS(=O)(=O)c1cc(Cl)c(C)c([N+](=O)[O-])c1. The van der Waals surface area contributed by atoms with E-state index in [0.29, 0.717) is 12.2 Å². The van der Waals surface area contributed by atoms with Gasteiger partial charge >= 0.3 is 0 Å². The molecule has 1 heterocycles. The molecule has 0 aliphatic rings. The van der Waals surface area contributed by atoms with Gasteiger partial charge in [-0.15, -0.1) is 0 Å². The van der Waals surface area contributed by atoms with Crippen molar-refractivity contribution in [2.45, 2.75) is 38.8 Å². The zero-order valence-electron chi connectivity index (χ0n) is 16.7. The zero-order chi connectivity index (χ0) is 22.1. The molecule has 158 valence electrons. The van der Waals surface area contributed by atoms with Crippen LogP contribution < -0.4 is 4.72 Å². The van der Waals surface area contributed by atoms with Crippen molar-refractivity contribution >= 4 is 27.3 Å². The molecule has 10 heteroatoms. The van der Waals surface area contributed by atoms with Crippen LogP contribution in [0.15, 0.2) is 47.4 Å². The summed E-state index contributed by atoms with van der Waals surface area (Å²) in [5.74, 6) is 0. The number of halogens is 1. The van der Waals surface area contributed by atoms with Gasteiger partial charge in [-0.2, -0.15) is 5.10 Å². The second kappa shape index (κ2) is 8.55. The minimum Gasteiger partial charge on any atom is -0.265 e. The van der Waals surface area contributed by atoms with E-state index in [-0.39, 0.29) is 27.7 Å². The number of aryl methyl sites for hydroxylation is 1. The van der Waals surface area contributed by atoms with Crippen molar-refractivity contribution in [1.82, 2.24) is 14.5 Å². The molecule has 2 aromatic carbocycles. The van der Waals surface area contributed by atoms with Crippen molar-refractivity contribution in [3.63, 3.8) is 0 Å². The van der Waals surface area contributed by atoms with Gasteiger partial charge in [0.25, 0.3) is 5.69 Å². The van der Waals surface area contributed by atoms with Gasteiger partial charge < -0.3 is 0 Å². The van der Waals surface area contributed by atoms with Gasteiger partial charge in [-0.05, 0) is 32.4 Å². The van der Waals surface area contributed by atoms with E-state index in [4.69, 9.17) is 11.6 Å². The van der Waals surface area contributed by atoms with E-state index in [1.54, 1.807) is 0 Å². The molecule has 0 aliphatic carbocycles. The third-order valence-electron chi connectivity index (χ3n) is 4.94. The summed E-state index contributed by atoms with van der Waals surface area (Å²) in [5, 5.41) is 15.7. The van der Waals surface area contributed by atoms with Gasteiger partial charge in [0.05, 0.1) is 27.1 Å². The lowest BCUT2D eigenvalue weighted by atomic mass is 10.2. The first-order valence-electron chi connectivity index (χ1n) is 9.11. The number of rotatable bonds is 7. The summed E-state index contributed by atoms with van der Waals surface area (Å²) in [6, 6.07) is 12.0. The van der Waals surface area contributed by atoms with Crippen molar-refractivity contribution in [2.24, 2.45) is 0 Å². The van der Waals surface area contributed by atoms with Crippen LogP contribution in [0.4, 0.5) is 5.69 Å². The van der Waals surface area contributed by atoms with Crippen LogP contribution in [0.3, 0.4) is 0 Å². The Kier molecular flexibility index (Phi) is 6.25. The van der Waals surface area contributed by atoms with Crippen molar-refractivity contribution in [1.29, 1.82) is 0 Å².